The van der Waals surface area contributed by atoms with E-state index in [1.807, 2.05) is 30.3 Å². The molecule has 0 saturated carbocycles. The second-order valence-electron chi connectivity index (χ2n) is 5.29. The van der Waals surface area contributed by atoms with Crippen molar-refractivity contribution in [3.8, 4) is 0 Å². The lowest BCUT2D eigenvalue weighted by Crippen LogP contribution is -2.41. The van der Waals surface area contributed by atoms with Crippen LogP contribution in [0, 0.1) is 0 Å². The van der Waals surface area contributed by atoms with E-state index < -0.39 is 17.6 Å². The van der Waals surface area contributed by atoms with E-state index in [-0.39, 0.29) is 18.2 Å². The number of rotatable bonds is 1. The second-order valence-corrected chi connectivity index (χ2v) is 5.29. The van der Waals surface area contributed by atoms with Crippen molar-refractivity contribution in [2.75, 3.05) is 6.54 Å². The van der Waals surface area contributed by atoms with Crippen molar-refractivity contribution in [3.63, 3.8) is 0 Å². The van der Waals surface area contributed by atoms with Crippen LogP contribution in [-0.4, -0.2) is 39.9 Å². The molecule has 2 aliphatic heterocycles. The first kappa shape index (κ1) is 11.4. The lowest BCUT2D eigenvalue weighted by atomic mass is 9.86. The molecule has 0 aromatic heterocycles. The molecular formula is C14H15NO3. The number of β-amino-alcohol motifs (C(OH)–C–C–N with tert-alkyl or cyclic N) is 1. The molecule has 1 unspecified atom stereocenters. The van der Waals surface area contributed by atoms with Gasteiger partial charge in [-0.2, -0.15) is 0 Å². The van der Waals surface area contributed by atoms with Gasteiger partial charge in [-0.3, -0.25) is 9.59 Å². The predicted octanol–water partition coefficient (Wildman–Crippen LogP) is 0.705. The molecular weight excluding hydrogens is 230 g/mol. The van der Waals surface area contributed by atoms with Gasteiger partial charge in [-0.25, -0.2) is 0 Å². The largest absolute Gasteiger partial charge is 0.391 e. The number of hydrogen-bond acceptors (Lipinski definition) is 3. The van der Waals surface area contributed by atoms with Crippen molar-refractivity contribution in [3.05, 3.63) is 35.9 Å². The third kappa shape index (κ3) is 1.35. The van der Waals surface area contributed by atoms with Gasteiger partial charge in [-0.15, -0.1) is 0 Å². The number of benzene rings is 1. The van der Waals surface area contributed by atoms with Gasteiger partial charge in [0.05, 0.1) is 6.10 Å². The number of aliphatic hydroxyl groups excluding tert-OH is 1. The van der Waals surface area contributed by atoms with Gasteiger partial charge in [-0.05, 0) is 12.5 Å². The van der Waals surface area contributed by atoms with E-state index in [1.54, 1.807) is 6.92 Å². The third-order valence-corrected chi connectivity index (χ3v) is 4.06. The number of nitrogens with zero attached hydrogens (tertiary/aromatic N) is 1. The Bertz CT molecular complexity index is 513. The molecule has 1 amide bonds. The fourth-order valence-electron chi connectivity index (χ4n) is 3.13. The van der Waals surface area contributed by atoms with E-state index in [4.69, 9.17) is 0 Å². The topological polar surface area (TPSA) is 57.6 Å². The number of amides is 1. The van der Waals surface area contributed by atoms with Gasteiger partial charge in [0.2, 0.25) is 5.91 Å². The van der Waals surface area contributed by atoms with Gasteiger partial charge in [-0.1, -0.05) is 30.3 Å². The summed E-state index contributed by atoms with van der Waals surface area (Å²) in [5.41, 5.74) is -0.0746. The van der Waals surface area contributed by atoms with Crippen LogP contribution in [0.2, 0.25) is 0 Å². The fraction of sp³-hybridized carbons (Fsp3) is 0.429. The summed E-state index contributed by atoms with van der Waals surface area (Å²) < 4.78 is 0. The molecule has 0 spiro atoms. The molecule has 94 valence electrons. The number of aliphatic hydroxyl groups is 1. The molecule has 1 aromatic rings. The number of fused-ring (bicyclic) bond motifs is 1. The summed E-state index contributed by atoms with van der Waals surface area (Å²) in [5.74, 6) is -0.954. The van der Waals surface area contributed by atoms with Gasteiger partial charge in [0.1, 0.15) is 11.5 Å². The first-order valence-electron chi connectivity index (χ1n) is 6.13. The van der Waals surface area contributed by atoms with Gasteiger partial charge in [0.15, 0.2) is 5.78 Å². The maximum Gasteiger partial charge on any atom is 0.238 e. The van der Waals surface area contributed by atoms with Gasteiger partial charge < -0.3 is 10.0 Å². The van der Waals surface area contributed by atoms with Crippen LogP contribution in [0.15, 0.2) is 30.3 Å². The van der Waals surface area contributed by atoms with Crippen LogP contribution in [0.25, 0.3) is 0 Å². The lowest BCUT2D eigenvalue weighted by molar-refractivity contribution is -0.130. The zero-order valence-corrected chi connectivity index (χ0v) is 10.2. The average molecular weight is 245 g/mol. The van der Waals surface area contributed by atoms with Crippen LogP contribution in [0.4, 0.5) is 0 Å². The summed E-state index contributed by atoms with van der Waals surface area (Å²) in [6.45, 7) is 2.02. The van der Waals surface area contributed by atoms with Crippen LogP contribution >= 0.6 is 0 Å². The molecule has 1 N–H and O–H groups in total. The highest BCUT2D eigenvalue weighted by molar-refractivity contribution is 6.17. The Hall–Kier alpha value is -1.68. The molecule has 2 heterocycles. The molecule has 4 heteroatoms. The number of Topliss-reactive ketones (excluding diaryl/α,β-unsaturated/α-hetero) is 1. The normalized spacial score (nSPS) is 35.1. The van der Waals surface area contributed by atoms with E-state index in [9.17, 15) is 14.7 Å². The highest BCUT2D eigenvalue weighted by atomic mass is 16.3. The molecule has 3 rings (SSSR count). The Morgan fingerprint density at radius 1 is 1.28 bits per heavy atom. The predicted molar refractivity (Wildman–Crippen MR) is 64.9 cm³/mol. The zero-order chi connectivity index (χ0) is 12.9. The van der Waals surface area contributed by atoms with Crippen molar-refractivity contribution >= 4 is 11.7 Å². The standard InChI is InChI=1S/C14H15NO3/c1-14-7-10(16)8-15(14)13(18)11(12(14)17)9-5-3-2-4-6-9/h2-6,10-11,16H,7-8H2,1H3/t10-,11?,14+/m1/s1. The summed E-state index contributed by atoms with van der Waals surface area (Å²) >= 11 is 0. The molecule has 3 atom stereocenters. The summed E-state index contributed by atoms with van der Waals surface area (Å²) in [4.78, 5) is 26.4. The SMILES string of the molecule is C[C@@]12C[C@@H](O)CN1C(=O)C(c1ccccc1)C2=O. The molecule has 0 radical (unpaired) electrons. The van der Waals surface area contributed by atoms with Crippen molar-refractivity contribution in [2.24, 2.45) is 0 Å². The maximum atomic E-state index is 12.5. The van der Waals surface area contributed by atoms with Crippen LogP contribution < -0.4 is 0 Å². The van der Waals surface area contributed by atoms with Crippen molar-refractivity contribution in [1.29, 1.82) is 0 Å². The minimum atomic E-state index is -0.822. The fourth-order valence-corrected chi connectivity index (χ4v) is 3.13. The minimum absolute atomic E-state index is 0.0877. The quantitative estimate of drug-likeness (QED) is 0.741. The first-order valence-corrected chi connectivity index (χ1v) is 6.13. The summed E-state index contributed by atoms with van der Waals surface area (Å²) in [7, 11) is 0. The summed E-state index contributed by atoms with van der Waals surface area (Å²) in [6.07, 6.45) is -0.236. The van der Waals surface area contributed by atoms with E-state index in [1.165, 1.54) is 4.90 Å². The van der Waals surface area contributed by atoms with Crippen molar-refractivity contribution in [1.82, 2.24) is 4.90 Å². The van der Waals surface area contributed by atoms with E-state index in [0.29, 0.717) is 6.42 Å². The zero-order valence-electron chi connectivity index (χ0n) is 10.2. The second kappa shape index (κ2) is 3.65. The Morgan fingerprint density at radius 3 is 2.56 bits per heavy atom. The van der Waals surface area contributed by atoms with Crippen LogP contribution in [-0.2, 0) is 9.59 Å². The average Bonchev–Trinajstić information content (AvgIpc) is 2.74. The van der Waals surface area contributed by atoms with Crippen LogP contribution in [0.1, 0.15) is 24.8 Å². The molecule has 0 aliphatic carbocycles. The van der Waals surface area contributed by atoms with Gasteiger partial charge >= 0.3 is 0 Å². The molecule has 2 aliphatic rings. The summed E-state index contributed by atoms with van der Waals surface area (Å²) in [5, 5.41) is 9.65. The van der Waals surface area contributed by atoms with Crippen molar-refractivity contribution in [2.45, 2.75) is 30.9 Å². The van der Waals surface area contributed by atoms with Gasteiger partial charge in [0, 0.05) is 13.0 Å². The lowest BCUT2D eigenvalue weighted by Gasteiger charge is -2.24. The van der Waals surface area contributed by atoms with E-state index in [2.05, 4.69) is 0 Å². The van der Waals surface area contributed by atoms with Crippen molar-refractivity contribution < 1.29 is 14.7 Å². The smallest absolute Gasteiger partial charge is 0.238 e. The molecule has 2 saturated heterocycles. The monoisotopic (exact) mass is 245 g/mol. The molecule has 0 bridgehead atoms. The van der Waals surface area contributed by atoms with E-state index >= 15 is 0 Å². The Balaban J connectivity index is 2.02. The maximum absolute atomic E-state index is 12.5. The Kier molecular flexibility index (Phi) is 2.32. The molecule has 2 fully saturated rings. The van der Waals surface area contributed by atoms with Gasteiger partial charge in [0.25, 0.3) is 0 Å². The Morgan fingerprint density at radius 2 is 1.94 bits per heavy atom. The highest BCUT2D eigenvalue weighted by Crippen LogP contribution is 2.43. The number of carbonyl (C=O) groups is 2. The first-order chi connectivity index (χ1) is 8.54. The number of carbonyl (C=O) groups excluding carboxylic acids is 2. The minimum Gasteiger partial charge on any atom is -0.391 e. The molecule has 4 nitrogen and oxygen atoms in total. The molecule has 1 aromatic carbocycles. The third-order valence-electron chi connectivity index (χ3n) is 4.06. The number of hydrogen-bond donors (Lipinski definition) is 1. The van der Waals surface area contributed by atoms with Crippen LogP contribution in [0.5, 0.6) is 0 Å². The summed E-state index contributed by atoms with van der Waals surface area (Å²) in [6, 6.07) is 9.14. The highest BCUT2D eigenvalue weighted by Gasteiger charge is 2.59. The van der Waals surface area contributed by atoms with E-state index in [0.717, 1.165) is 5.56 Å². The Labute approximate surface area is 105 Å². The van der Waals surface area contributed by atoms with Crippen LogP contribution in [0.3, 0.4) is 0 Å². The molecule has 18 heavy (non-hydrogen) atoms. The number of ketones is 1.